The fourth-order valence-corrected chi connectivity index (χ4v) is 4.36. The maximum absolute atomic E-state index is 9.99. The summed E-state index contributed by atoms with van der Waals surface area (Å²) in [6.45, 7) is 2.06. The van der Waals surface area contributed by atoms with E-state index in [0.717, 1.165) is 17.0 Å². The summed E-state index contributed by atoms with van der Waals surface area (Å²) in [5.74, 6) is 1.17. The highest BCUT2D eigenvalue weighted by Crippen LogP contribution is 2.41. The molecule has 2 N–H and O–H groups in total. The van der Waals surface area contributed by atoms with Gasteiger partial charge in [-0.05, 0) is 36.8 Å². The molecule has 3 aromatic carbocycles. The van der Waals surface area contributed by atoms with Gasteiger partial charge in [-0.1, -0.05) is 71.4 Å². The molecular weight excluding hydrogens is 444 g/mol. The first-order chi connectivity index (χ1) is 15.6. The number of aromatic nitrogens is 3. The van der Waals surface area contributed by atoms with E-state index in [1.165, 1.54) is 29.0 Å². The second-order valence-corrected chi connectivity index (χ2v) is 8.77. The van der Waals surface area contributed by atoms with Crippen LogP contribution in [0.4, 0.5) is 5.69 Å². The van der Waals surface area contributed by atoms with Crippen LogP contribution in [-0.4, -0.2) is 20.3 Å². The predicted molar refractivity (Wildman–Crippen MR) is 126 cm³/mol. The average molecular weight is 463 g/mol. The summed E-state index contributed by atoms with van der Waals surface area (Å²) >= 11 is 7.91. The molecule has 2 heterocycles. The standard InChI is InChI=1S/C24H19ClN4O2S/c1-14-6-8-15(9-7-14)13-32-24-27-23-21(28-29-24)17-4-2-3-5-20(17)26-22(31-23)18-12-16(30)10-11-19(18)25/h2-12,22,26,30H,13H2,1H3. The monoisotopic (exact) mass is 462 g/mol. The van der Waals surface area contributed by atoms with E-state index in [9.17, 15) is 5.11 Å². The van der Waals surface area contributed by atoms with Gasteiger partial charge in [0, 0.05) is 27.6 Å². The number of rotatable bonds is 4. The highest BCUT2D eigenvalue weighted by Gasteiger charge is 2.27. The number of thioether (sulfide) groups is 1. The maximum atomic E-state index is 9.99. The van der Waals surface area contributed by atoms with Gasteiger partial charge >= 0.3 is 0 Å². The van der Waals surface area contributed by atoms with E-state index in [0.29, 0.717) is 27.3 Å². The lowest BCUT2D eigenvalue weighted by Crippen LogP contribution is -2.17. The van der Waals surface area contributed by atoms with E-state index in [1.807, 2.05) is 24.3 Å². The Hall–Kier alpha value is -3.29. The van der Waals surface area contributed by atoms with Crippen LogP contribution in [0, 0.1) is 6.92 Å². The number of anilines is 1. The fraction of sp³-hybridized carbons (Fsp3) is 0.125. The summed E-state index contributed by atoms with van der Waals surface area (Å²) in [5, 5.41) is 23.1. The number of fused-ring (bicyclic) bond motifs is 3. The van der Waals surface area contributed by atoms with Crippen LogP contribution in [0.3, 0.4) is 0 Å². The molecule has 6 nitrogen and oxygen atoms in total. The van der Waals surface area contributed by atoms with E-state index in [4.69, 9.17) is 16.3 Å². The molecule has 1 aliphatic heterocycles. The Bertz CT molecular complexity index is 1280. The van der Waals surface area contributed by atoms with E-state index in [1.54, 1.807) is 12.1 Å². The SMILES string of the molecule is Cc1ccc(CSc2nnc3c(n2)OC(c2cc(O)ccc2Cl)Nc2ccccc2-3)cc1. The summed E-state index contributed by atoms with van der Waals surface area (Å²) in [5.41, 5.74) is 5.19. The minimum absolute atomic E-state index is 0.0997. The summed E-state index contributed by atoms with van der Waals surface area (Å²) in [7, 11) is 0. The molecule has 1 unspecified atom stereocenters. The number of aryl methyl sites for hydroxylation is 1. The van der Waals surface area contributed by atoms with Crippen molar-refractivity contribution in [3.05, 3.63) is 88.4 Å². The summed E-state index contributed by atoms with van der Waals surface area (Å²) in [6.07, 6.45) is -0.663. The maximum Gasteiger partial charge on any atom is 0.247 e. The van der Waals surface area contributed by atoms with E-state index in [2.05, 4.69) is 51.7 Å². The molecule has 1 atom stereocenters. The van der Waals surface area contributed by atoms with Crippen molar-refractivity contribution in [1.29, 1.82) is 0 Å². The first-order valence-corrected chi connectivity index (χ1v) is 11.4. The average Bonchev–Trinajstić information content (AvgIpc) is 2.96. The Morgan fingerprint density at radius 2 is 1.88 bits per heavy atom. The van der Waals surface area contributed by atoms with Crippen molar-refractivity contribution in [1.82, 2.24) is 15.2 Å². The second-order valence-electron chi connectivity index (χ2n) is 7.42. The third-order valence-corrected chi connectivity index (χ3v) is 6.34. The van der Waals surface area contributed by atoms with Crippen LogP contribution in [-0.2, 0) is 5.75 Å². The zero-order valence-electron chi connectivity index (χ0n) is 17.1. The van der Waals surface area contributed by atoms with Crippen LogP contribution in [0.5, 0.6) is 11.6 Å². The van der Waals surface area contributed by atoms with Crippen LogP contribution < -0.4 is 10.1 Å². The molecule has 0 fully saturated rings. The van der Waals surface area contributed by atoms with Crippen LogP contribution >= 0.6 is 23.4 Å². The molecule has 0 saturated heterocycles. The summed E-state index contributed by atoms with van der Waals surface area (Å²) in [4.78, 5) is 4.65. The number of phenols is 1. The molecule has 0 radical (unpaired) electrons. The number of aromatic hydroxyl groups is 1. The predicted octanol–water partition coefficient (Wildman–Crippen LogP) is 6.00. The first-order valence-electron chi connectivity index (χ1n) is 10.0. The lowest BCUT2D eigenvalue weighted by atomic mass is 10.1. The van der Waals surface area contributed by atoms with E-state index < -0.39 is 6.23 Å². The lowest BCUT2D eigenvalue weighted by Gasteiger charge is -2.20. The number of halogens is 1. The normalized spacial score (nSPS) is 14.5. The van der Waals surface area contributed by atoms with E-state index >= 15 is 0 Å². The zero-order chi connectivity index (χ0) is 22.1. The Morgan fingerprint density at radius 1 is 1.06 bits per heavy atom. The Kier molecular flexibility index (Phi) is 5.59. The Balaban J connectivity index is 1.50. The van der Waals surface area contributed by atoms with Gasteiger partial charge in [-0.25, -0.2) is 0 Å². The van der Waals surface area contributed by atoms with Crippen LogP contribution in [0.2, 0.25) is 5.02 Å². The minimum atomic E-state index is -0.663. The number of benzene rings is 3. The van der Waals surface area contributed by atoms with Crippen molar-refractivity contribution in [2.45, 2.75) is 24.1 Å². The quantitative estimate of drug-likeness (QED) is 0.360. The molecule has 1 aliphatic rings. The van der Waals surface area contributed by atoms with Crippen molar-refractivity contribution in [2.75, 3.05) is 5.32 Å². The molecular formula is C24H19ClN4O2S. The van der Waals surface area contributed by atoms with Gasteiger partial charge in [0.05, 0.1) is 0 Å². The smallest absolute Gasteiger partial charge is 0.247 e. The first kappa shape index (κ1) is 20.6. The van der Waals surface area contributed by atoms with E-state index in [-0.39, 0.29) is 5.75 Å². The molecule has 4 aromatic rings. The van der Waals surface area contributed by atoms with Crippen LogP contribution in [0.1, 0.15) is 22.9 Å². The molecule has 160 valence electrons. The number of phenolic OH excluding ortho intramolecular Hbond substituents is 1. The minimum Gasteiger partial charge on any atom is -0.508 e. The number of hydrogen-bond donors (Lipinski definition) is 2. The Morgan fingerprint density at radius 3 is 2.72 bits per heavy atom. The van der Waals surface area contributed by atoms with Crippen molar-refractivity contribution in [3.8, 4) is 22.9 Å². The molecule has 8 heteroatoms. The molecule has 0 saturated carbocycles. The van der Waals surface area contributed by atoms with Crippen LogP contribution in [0.15, 0.2) is 71.9 Å². The van der Waals surface area contributed by atoms with Crippen molar-refractivity contribution in [2.24, 2.45) is 0 Å². The highest BCUT2D eigenvalue weighted by atomic mass is 35.5. The Labute approximate surface area is 194 Å². The van der Waals surface area contributed by atoms with Crippen molar-refractivity contribution < 1.29 is 9.84 Å². The largest absolute Gasteiger partial charge is 0.508 e. The number of nitrogens with zero attached hydrogens (tertiary/aromatic N) is 3. The number of ether oxygens (including phenoxy) is 1. The molecule has 0 aliphatic carbocycles. The number of hydrogen-bond acceptors (Lipinski definition) is 7. The molecule has 0 amide bonds. The topological polar surface area (TPSA) is 80.2 Å². The molecule has 0 spiro atoms. The highest BCUT2D eigenvalue weighted by molar-refractivity contribution is 7.98. The van der Waals surface area contributed by atoms with Gasteiger partial charge in [-0.15, -0.1) is 10.2 Å². The van der Waals surface area contributed by atoms with Gasteiger partial charge in [0.1, 0.15) is 5.75 Å². The van der Waals surface area contributed by atoms with Gasteiger partial charge in [0.2, 0.25) is 11.0 Å². The van der Waals surface area contributed by atoms with Gasteiger partial charge in [0.15, 0.2) is 11.9 Å². The van der Waals surface area contributed by atoms with Gasteiger partial charge in [0.25, 0.3) is 0 Å². The number of para-hydroxylation sites is 1. The van der Waals surface area contributed by atoms with Gasteiger partial charge in [-0.3, -0.25) is 0 Å². The summed E-state index contributed by atoms with van der Waals surface area (Å²) < 4.78 is 6.24. The second kappa shape index (κ2) is 8.68. The van der Waals surface area contributed by atoms with Crippen molar-refractivity contribution >= 4 is 29.1 Å². The number of nitrogens with one attached hydrogen (secondary N) is 1. The molecule has 32 heavy (non-hydrogen) atoms. The third kappa shape index (κ3) is 4.22. The molecule has 1 aromatic heterocycles. The molecule has 0 bridgehead atoms. The third-order valence-electron chi connectivity index (χ3n) is 5.08. The van der Waals surface area contributed by atoms with Crippen LogP contribution in [0.25, 0.3) is 11.3 Å². The lowest BCUT2D eigenvalue weighted by molar-refractivity contribution is 0.225. The molecule has 5 rings (SSSR count). The van der Waals surface area contributed by atoms with Gasteiger partial charge in [-0.2, -0.15) is 4.98 Å². The van der Waals surface area contributed by atoms with Crippen molar-refractivity contribution in [3.63, 3.8) is 0 Å². The summed E-state index contributed by atoms with van der Waals surface area (Å²) in [6, 6.07) is 20.8. The fourth-order valence-electron chi connectivity index (χ4n) is 3.41. The van der Waals surface area contributed by atoms with Gasteiger partial charge < -0.3 is 15.2 Å². The zero-order valence-corrected chi connectivity index (χ0v) is 18.7.